The van der Waals surface area contributed by atoms with Crippen molar-refractivity contribution in [3.63, 3.8) is 0 Å². The fraction of sp³-hybridized carbons (Fsp3) is 0.333. The summed E-state index contributed by atoms with van der Waals surface area (Å²) in [4.78, 5) is 11.2. The van der Waals surface area contributed by atoms with Crippen LogP contribution < -0.4 is 0 Å². The summed E-state index contributed by atoms with van der Waals surface area (Å²) >= 11 is 0. The lowest BCUT2D eigenvalue weighted by Crippen LogP contribution is -2.21. The average Bonchev–Trinajstić information content (AvgIpc) is 2.84. The first-order valence-corrected chi connectivity index (χ1v) is 5.90. The lowest BCUT2D eigenvalue weighted by molar-refractivity contribution is -0.141. The average molecular weight is 264 g/mol. The second-order valence-electron chi connectivity index (χ2n) is 4.07. The second kappa shape index (κ2) is 5.55. The minimum atomic E-state index is -1.04. The molecule has 0 spiro atoms. The van der Waals surface area contributed by atoms with Crippen LogP contribution >= 0.6 is 0 Å². The zero-order chi connectivity index (χ0) is 13.8. The van der Waals surface area contributed by atoms with Crippen molar-refractivity contribution < 1.29 is 14.3 Å². The quantitative estimate of drug-likeness (QED) is 0.892. The Morgan fingerprint density at radius 2 is 2.21 bits per heavy atom. The van der Waals surface area contributed by atoms with Gasteiger partial charge in [-0.1, -0.05) is 25.5 Å². The second-order valence-corrected chi connectivity index (χ2v) is 4.07. The Balaban J connectivity index is 2.47. The summed E-state index contributed by atoms with van der Waals surface area (Å²) in [5.74, 6) is -1.40. The molecule has 2 aromatic rings. The molecule has 1 N–H and O–H groups in total. The number of carboxylic acid groups (broad SMARTS) is 1. The van der Waals surface area contributed by atoms with Crippen molar-refractivity contribution in [2.75, 3.05) is 0 Å². The first-order chi connectivity index (χ1) is 9.15. The molecule has 0 saturated heterocycles. The zero-order valence-corrected chi connectivity index (χ0v) is 10.3. The summed E-state index contributed by atoms with van der Waals surface area (Å²) in [7, 11) is 0. The first kappa shape index (κ1) is 13.1. The van der Waals surface area contributed by atoms with Crippen LogP contribution in [0.15, 0.2) is 24.3 Å². The van der Waals surface area contributed by atoms with Gasteiger partial charge in [0.1, 0.15) is 5.82 Å². The third-order valence-electron chi connectivity index (χ3n) is 2.75. The van der Waals surface area contributed by atoms with Gasteiger partial charge in [-0.3, -0.25) is 0 Å². The van der Waals surface area contributed by atoms with E-state index in [2.05, 4.69) is 15.5 Å². The van der Waals surface area contributed by atoms with Gasteiger partial charge in [0.2, 0.25) is 0 Å². The molecule has 0 radical (unpaired) electrons. The molecule has 0 bridgehead atoms. The summed E-state index contributed by atoms with van der Waals surface area (Å²) in [6.45, 7) is 1.86. The number of benzene rings is 1. The first-order valence-electron chi connectivity index (χ1n) is 5.90. The van der Waals surface area contributed by atoms with Crippen molar-refractivity contribution in [1.29, 1.82) is 0 Å². The molecule has 1 aromatic heterocycles. The Morgan fingerprint density at radius 1 is 1.47 bits per heavy atom. The molecule has 0 fully saturated rings. The van der Waals surface area contributed by atoms with E-state index < -0.39 is 17.8 Å². The van der Waals surface area contributed by atoms with Gasteiger partial charge in [0.05, 0.1) is 5.56 Å². The van der Waals surface area contributed by atoms with Gasteiger partial charge >= 0.3 is 5.97 Å². The molecule has 6 nitrogen and oxygen atoms in total. The number of aliphatic carboxylic acids is 1. The van der Waals surface area contributed by atoms with Crippen LogP contribution in [0.4, 0.5) is 4.39 Å². The Bertz CT molecular complexity index is 585. The van der Waals surface area contributed by atoms with Crippen molar-refractivity contribution in [1.82, 2.24) is 20.2 Å². The molecule has 7 heteroatoms. The van der Waals surface area contributed by atoms with Gasteiger partial charge < -0.3 is 5.11 Å². The van der Waals surface area contributed by atoms with E-state index in [0.717, 1.165) is 4.68 Å². The Kier molecular flexibility index (Phi) is 3.84. The molecule has 0 amide bonds. The fourth-order valence-electron chi connectivity index (χ4n) is 1.85. The molecule has 100 valence electrons. The van der Waals surface area contributed by atoms with Gasteiger partial charge in [-0.2, -0.15) is 0 Å². The van der Waals surface area contributed by atoms with Gasteiger partial charge in [0, 0.05) is 0 Å². The van der Waals surface area contributed by atoms with E-state index in [1.54, 1.807) is 12.1 Å². The lowest BCUT2D eigenvalue weighted by Gasteiger charge is -2.13. The summed E-state index contributed by atoms with van der Waals surface area (Å²) in [6.07, 6.45) is 1.04. The highest BCUT2D eigenvalue weighted by atomic mass is 19.1. The molecule has 0 aliphatic rings. The molecule has 2 rings (SSSR count). The number of halogens is 1. The van der Waals surface area contributed by atoms with Crippen LogP contribution in [0, 0.1) is 5.82 Å². The summed E-state index contributed by atoms with van der Waals surface area (Å²) < 4.78 is 14.9. The maximum absolute atomic E-state index is 13.7. The third-order valence-corrected chi connectivity index (χ3v) is 2.75. The molecule has 1 heterocycles. The Hall–Kier alpha value is -2.31. The fourth-order valence-corrected chi connectivity index (χ4v) is 1.85. The van der Waals surface area contributed by atoms with Crippen LogP contribution in [0.2, 0.25) is 0 Å². The van der Waals surface area contributed by atoms with Crippen LogP contribution in [0.1, 0.15) is 25.8 Å². The number of nitrogens with zero attached hydrogens (tertiary/aromatic N) is 4. The van der Waals surface area contributed by atoms with Crippen molar-refractivity contribution in [2.24, 2.45) is 0 Å². The minimum absolute atomic E-state index is 0.124. The highest BCUT2D eigenvalue weighted by Gasteiger charge is 2.25. The molecular weight excluding hydrogens is 251 g/mol. The molecule has 0 aliphatic heterocycles. The monoisotopic (exact) mass is 264 g/mol. The van der Waals surface area contributed by atoms with E-state index >= 15 is 0 Å². The number of tetrazole rings is 1. The third kappa shape index (κ3) is 2.59. The minimum Gasteiger partial charge on any atom is -0.480 e. The molecule has 0 aliphatic carbocycles. The number of carboxylic acids is 1. The van der Waals surface area contributed by atoms with E-state index in [-0.39, 0.29) is 11.4 Å². The molecule has 1 unspecified atom stereocenters. The molecule has 0 saturated carbocycles. The summed E-state index contributed by atoms with van der Waals surface area (Å²) in [5.41, 5.74) is 0.190. The van der Waals surface area contributed by atoms with E-state index in [1.807, 2.05) is 6.92 Å². The SMILES string of the molecule is CCCC(C(=O)O)n1nnnc1-c1ccccc1F. The highest BCUT2D eigenvalue weighted by molar-refractivity contribution is 5.72. The Labute approximate surface area is 108 Å². The van der Waals surface area contributed by atoms with Gasteiger partial charge in [-0.15, -0.1) is 5.10 Å². The molecule has 1 aromatic carbocycles. The van der Waals surface area contributed by atoms with Crippen LogP contribution in [0.25, 0.3) is 11.4 Å². The van der Waals surface area contributed by atoms with Gasteiger partial charge in [-0.05, 0) is 29.0 Å². The number of hydrogen-bond acceptors (Lipinski definition) is 4. The Morgan fingerprint density at radius 3 is 2.84 bits per heavy atom. The van der Waals surface area contributed by atoms with E-state index in [1.165, 1.54) is 12.1 Å². The standard InChI is InChI=1S/C12H13FN4O2/c1-2-5-10(12(18)19)17-11(14-15-16-17)8-6-3-4-7-9(8)13/h3-4,6-7,10H,2,5H2,1H3,(H,18,19). The largest absolute Gasteiger partial charge is 0.480 e. The van der Waals surface area contributed by atoms with E-state index in [0.29, 0.717) is 12.8 Å². The normalized spacial score (nSPS) is 12.3. The predicted molar refractivity (Wildman–Crippen MR) is 64.8 cm³/mol. The number of rotatable bonds is 5. The van der Waals surface area contributed by atoms with Crippen molar-refractivity contribution in [3.05, 3.63) is 30.1 Å². The number of hydrogen-bond donors (Lipinski definition) is 1. The van der Waals surface area contributed by atoms with Gasteiger partial charge in [0.25, 0.3) is 0 Å². The van der Waals surface area contributed by atoms with E-state index in [4.69, 9.17) is 0 Å². The number of aromatic nitrogens is 4. The molecule has 1 atom stereocenters. The van der Waals surface area contributed by atoms with Crippen molar-refractivity contribution >= 4 is 5.97 Å². The maximum Gasteiger partial charge on any atom is 0.328 e. The topological polar surface area (TPSA) is 80.9 Å². The van der Waals surface area contributed by atoms with Crippen LogP contribution in [0.5, 0.6) is 0 Å². The van der Waals surface area contributed by atoms with Crippen molar-refractivity contribution in [3.8, 4) is 11.4 Å². The lowest BCUT2D eigenvalue weighted by atomic mass is 10.1. The van der Waals surface area contributed by atoms with Gasteiger partial charge in [-0.25, -0.2) is 13.9 Å². The predicted octanol–water partition coefficient (Wildman–Crippen LogP) is 1.90. The zero-order valence-electron chi connectivity index (χ0n) is 10.3. The highest BCUT2D eigenvalue weighted by Crippen LogP contribution is 2.24. The van der Waals surface area contributed by atoms with E-state index in [9.17, 15) is 14.3 Å². The number of carbonyl (C=O) groups is 1. The van der Waals surface area contributed by atoms with Gasteiger partial charge in [0.15, 0.2) is 11.9 Å². The summed E-state index contributed by atoms with van der Waals surface area (Å²) in [5, 5.41) is 20.1. The maximum atomic E-state index is 13.7. The molecular formula is C12H13FN4O2. The molecule has 19 heavy (non-hydrogen) atoms. The van der Waals surface area contributed by atoms with Crippen LogP contribution in [0.3, 0.4) is 0 Å². The van der Waals surface area contributed by atoms with Crippen molar-refractivity contribution in [2.45, 2.75) is 25.8 Å². The summed E-state index contributed by atoms with van der Waals surface area (Å²) in [6, 6.07) is 5.10. The van der Waals surface area contributed by atoms with Crippen LogP contribution in [-0.4, -0.2) is 31.3 Å². The van der Waals surface area contributed by atoms with Crippen LogP contribution in [-0.2, 0) is 4.79 Å². The smallest absolute Gasteiger partial charge is 0.328 e.